The second-order valence-corrected chi connectivity index (χ2v) is 8.62. The molecule has 0 fully saturated rings. The van der Waals surface area contributed by atoms with Crippen molar-refractivity contribution in [3.05, 3.63) is 57.6 Å². The number of carboxylic acid groups (broad SMARTS) is 2. The second kappa shape index (κ2) is 9.62. The number of aryl methyl sites for hydroxylation is 1. The van der Waals surface area contributed by atoms with E-state index in [1.54, 1.807) is 18.2 Å². The minimum absolute atomic E-state index is 0.0288. The van der Waals surface area contributed by atoms with E-state index < -0.39 is 17.4 Å². The molecule has 166 valence electrons. The number of aliphatic carboxylic acids is 2. The van der Waals surface area contributed by atoms with E-state index in [2.05, 4.69) is 13.8 Å². The fourth-order valence-corrected chi connectivity index (χ4v) is 5.42. The summed E-state index contributed by atoms with van der Waals surface area (Å²) in [5.74, 6) is -2.73. The molecule has 0 saturated heterocycles. The Labute approximate surface area is 193 Å². The molecule has 1 aliphatic carbocycles. The van der Waals surface area contributed by atoms with E-state index in [1.165, 1.54) is 0 Å². The Morgan fingerprint density at radius 1 is 0.839 bits per heavy atom. The Morgan fingerprint density at radius 3 is 2.03 bits per heavy atom. The van der Waals surface area contributed by atoms with Crippen LogP contribution in [0.15, 0.2) is 24.3 Å². The first kappa shape index (κ1) is 23.6. The highest BCUT2D eigenvalue weighted by Gasteiger charge is 2.58. The lowest BCUT2D eigenvalue weighted by Gasteiger charge is -2.27. The number of hydrogen-bond acceptors (Lipinski definition) is 2. The van der Waals surface area contributed by atoms with Crippen molar-refractivity contribution >= 4 is 35.1 Å². The number of halogens is 2. The van der Waals surface area contributed by atoms with Gasteiger partial charge in [-0.05, 0) is 70.2 Å². The van der Waals surface area contributed by atoms with Crippen LogP contribution in [0.5, 0.6) is 0 Å². The normalized spacial score (nSPS) is 13.7. The lowest BCUT2D eigenvalue weighted by Crippen LogP contribution is -2.44. The van der Waals surface area contributed by atoms with Crippen molar-refractivity contribution in [2.45, 2.75) is 69.5 Å². The molecule has 6 heteroatoms. The highest BCUT2D eigenvalue weighted by molar-refractivity contribution is 6.20. The molecule has 1 aliphatic rings. The van der Waals surface area contributed by atoms with Crippen molar-refractivity contribution < 1.29 is 19.8 Å². The van der Waals surface area contributed by atoms with Crippen LogP contribution in [-0.2, 0) is 39.6 Å². The van der Waals surface area contributed by atoms with Crippen molar-refractivity contribution in [1.29, 1.82) is 0 Å². The molecule has 0 heterocycles. The molecule has 0 aromatic heterocycles. The van der Waals surface area contributed by atoms with E-state index in [4.69, 9.17) is 23.2 Å². The van der Waals surface area contributed by atoms with Crippen LogP contribution in [0.4, 0.5) is 0 Å². The highest BCUT2D eigenvalue weighted by Crippen LogP contribution is 2.54. The molecular formula is C25H28Cl2O4. The van der Waals surface area contributed by atoms with Gasteiger partial charge in [0.2, 0.25) is 5.41 Å². The Kier molecular flexibility index (Phi) is 7.33. The van der Waals surface area contributed by atoms with E-state index in [1.807, 2.05) is 6.07 Å². The van der Waals surface area contributed by atoms with E-state index in [0.717, 1.165) is 49.7 Å². The first-order valence-electron chi connectivity index (χ1n) is 10.8. The van der Waals surface area contributed by atoms with Crippen LogP contribution in [-0.4, -0.2) is 22.2 Å². The number of carboxylic acids is 2. The maximum Gasteiger partial charge on any atom is 0.330 e. The average molecular weight is 463 g/mol. The van der Waals surface area contributed by atoms with Crippen molar-refractivity contribution in [2.24, 2.45) is 0 Å². The first-order chi connectivity index (χ1) is 14.9. The standard InChI is InChI=1S/C25H28Cl2O4/c1-3-5-8-15-12-19-18-11-7-9-16(13-26)21(18)25(23(28)29,24(30)31)22(19)20(14-27)17(15)10-6-4-2/h7,9,11-12H,3-6,8,10,13-14H2,1-2H3,(H,28,29)(H,30,31). The van der Waals surface area contributed by atoms with Crippen molar-refractivity contribution in [2.75, 3.05) is 0 Å². The zero-order valence-electron chi connectivity index (χ0n) is 17.9. The van der Waals surface area contributed by atoms with Gasteiger partial charge in [-0.1, -0.05) is 51.0 Å². The molecule has 0 radical (unpaired) electrons. The maximum atomic E-state index is 12.7. The zero-order chi connectivity index (χ0) is 22.8. The molecule has 0 unspecified atom stereocenters. The number of hydrogen-bond donors (Lipinski definition) is 2. The van der Waals surface area contributed by atoms with Crippen molar-refractivity contribution in [3.63, 3.8) is 0 Å². The topological polar surface area (TPSA) is 74.6 Å². The van der Waals surface area contributed by atoms with Gasteiger partial charge in [0.25, 0.3) is 0 Å². The van der Waals surface area contributed by atoms with Crippen LogP contribution in [0.2, 0.25) is 0 Å². The van der Waals surface area contributed by atoms with E-state index in [9.17, 15) is 19.8 Å². The van der Waals surface area contributed by atoms with Gasteiger partial charge in [-0.2, -0.15) is 0 Å². The summed E-state index contributed by atoms with van der Waals surface area (Å²) in [7, 11) is 0. The summed E-state index contributed by atoms with van der Waals surface area (Å²) in [5.41, 5.74) is 2.96. The molecule has 2 aromatic rings. The summed E-state index contributed by atoms with van der Waals surface area (Å²) in [4.78, 5) is 25.5. The molecule has 3 rings (SSSR count). The Morgan fingerprint density at radius 2 is 1.48 bits per heavy atom. The number of fused-ring (bicyclic) bond motifs is 3. The van der Waals surface area contributed by atoms with Gasteiger partial charge in [0.15, 0.2) is 0 Å². The van der Waals surface area contributed by atoms with Crippen LogP contribution < -0.4 is 0 Å². The summed E-state index contributed by atoms with van der Waals surface area (Å²) in [6.45, 7) is 4.23. The molecule has 0 atom stereocenters. The molecule has 0 aliphatic heterocycles. The van der Waals surface area contributed by atoms with E-state index >= 15 is 0 Å². The van der Waals surface area contributed by atoms with Gasteiger partial charge >= 0.3 is 11.9 Å². The SMILES string of the molecule is CCCCc1cc2c(c(CCl)c1CCCC)C(C(=O)O)(C(=O)O)c1c(CCl)cccc1-2. The monoisotopic (exact) mass is 462 g/mol. The second-order valence-electron chi connectivity index (χ2n) is 8.09. The minimum Gasteiger partial charge on any atom is -0.480 e. The summed E-state index contributed by atoms with van der Waals surface area (Å²) in [6.07, 6.45) is 5.53. The lowest BCUT2D eigenvalue weighted by atomic mass is 9.73. The third-order valence-electron chi connectivity index (χ3n) is 6.33. The summed E-state index contributed by atoms with van der Waals surface area (Å²) < 4.78 is 0. The van der Waals surface area contributed by atoms with Crippen LogP contribution in [0.1, 0.15) is 72.9 Å². The third kappa shape index (κ3) is 3.64. The first-order valence-corrected chi connectivity index (χ1v) is 11.9. The largest absolute Gasteiger partial charge is 0.480 e. The fourth-order valence-electron chi connectivity index (χ4n) is 4.91. The predicted octanol–water partition coefficient (Wildman–Crippen LogP) is 6.29. The number of rotatable bonds is 10. The quantitative estimate of drug-likeness (QED) is 0.321. The number of benzene rings is 2. The molecule has 0 amide bonds. The van der Waals surface area contributed by atoms with Gasteiger partial charge in [0.1, 0.15) is 0 Å². The number of carbonyl (C=O) groups is 2. The Bertz CT molecular complexity index is 999. The van der Waals surface area contributed by atoms with Gasteiger partial charge < -0.3 is 10.2 Å². The molecule has 2 N–H and O–H groups in total. The van der Waals surface area contributed by atoms with Gasteiger partial charge in [-0.25, -0.2) is 0 Å². The van der Waals surface area contributed by atoms with E-state index in [-0.39, 0.29) is 17.3 Å². The van der Waals surface area contributed by atoms with Gasteiger partial charge in [-0.3, -0.25) is 9.59 Å². The highest BCUT2D eigenvalue weighted by atomic mass is 35.5. The number of alkyl halides is 2. The lowest BCUT2D eigenvalue weighted by molar-refractivity contribution is -0.155. The van der Waals surface area contributed by atoms with Crippen LogP contribution in [0.3, 0.4) is 0 Å². The maximum absolute atomic E-state index is 12.7. The fraction of sp³-hybridized carbons (Fsp3) is 0.440. The van der Waals surface area contributed by atoms with Crippen LogP contribution >= 0.6 is 23.2 Å². The minimum atomic E-state index is -2.22. The van der Waals surface area contributed by atoms with Gasteiger partial charge in [0.05, 0.1) is 0 Å². The van der Waals surface area contributed by atoms with Crippen LogP contribution in [0, 0.1) is 0 Å². The molecule has 4 nitrogen and oxygen atoms in total. The number of unbranched alkanes of at least 4 members (excludes halogenated alkanes) is 2. The smallest absolute Gasteiger partial charge is 0.330 e. The van der Waals surface area contributed by atoms with Gasteiger partial charge in [0, 0.05) is 11.8 Å². The molecule has 31 heavy (non-hydrogen) atoms. The summed E-state index contributed by atoms with van der Waals surface area (Å²) in [5, 5.41) is 20.8. The molecule has 0 saturated carbocycles. The predicted molar refractivity (Wildman–Crippen MR) is 124 cm³/mol. The van der Waals surface area contributed by atoms with Gasteiger partial charge in [-0.15, -0.1) is 23.2 Å². The van der Waals surface area contributed by atoms with E-state index in [0.29, 0.717) is 27.8 Å². The third-order valence-corrected chi connectivity index (χ3v) is 6.89. The Balaban J connectivity index is 2.49. The Hall–Kier alpha value is -2.04. The van der Waals surface area contributed by atoms with Crippen LogP contribution in [0.25, 0.3) is 11.1 Å². The summed E-state index contributed by atoms with van der Waals surface area (Å²) >= 11 is 12.6. The zero-order valence-corrected chi connectivity index (χ0v) is 19.4. The molecular weight excluding hydrogens is 435 g/mol. The van der Waals surface area contributed by atoms with Crippen molar-refractivity contribution in [3.8, 4) is 11.1 Å². The molecule has 0 bridgehead atoms. The average Bonchev–Trinajstić information content (AvgIpc) is 3.06. The van der Waals surface area contributed by atoms with Crippen molar-refractivity contribution in [1.82, 2.24) is 0 Å². The summed E-state index contributed by atoms with van der Waals surface area (Å²) in [6, 6.07) is 7.31. The molecule has 2 aromatic carbocycles. The molecule has 0 spiro atoms.